The Labute approximate surface area is 222 Å². The van der Waals surface area contributed by atoms with E-state index in [4.69, 9.17) is 30.5 Å². The van der Waals surface area contributed by atoms with Gasteiger partial charge in [-0.05, 0) is 76.4 Å². The molecule has 9 heteroatoms. The molecule has 2 aliphatic heterocycles. The minimum absolute atomic E-state index is 0.211. The van der Waals surface area contributed by atoms with E-state index < -0.39 is 47.2 Å². The number of esters is 1. The predicted octanol–water partition coefficient (Wildman–Crippen LogP) is 3.34. The molecule has 4 rings (SSSR count). The molecule has 6 atom stereocenters. The largest absolute Gasteiger partial charge is 0.494 e. The van der Waals surface area contributed by atoms with Gasteiger partial charge in [-0.15, -0.1) is 0 Å². The Morgan fingerprint density at radius 3 is 2.43 bits per heavy atom. The summed E-state index contributed by atoms with van der Waals surface area (Å²) < 4.78 is 23.5. The molecule has 8 nitrogen and oxygen atoms in total. The van der Waals surface area contributed by atoms with Crippen LogP contribution < -0.4 is 4.74 Å². The van der Waals surface area contributed by atoms with Crippen molar-refractivity contribution in [2.24, 2.45) is 5.41 Å². The minimum Gasteiger partial charge on any atom is -0.494 e. The molecule has 0 radical (unpaired) electrons. The van der Waals surface area contributed by atoms with E-state index in [1.54, 1.807) is 45.9 Å². The number of benzene rings is 2. The van der Waals surface area contributed by atoms with Crippen molar-refractivity contribution in [2.45, 2.75) is 76.8 Å². The highest BCUT2D eigenvalue weighted by Gasteiger charge is 2.69. The zero-order valence-corrected chi connectivity index (χ0v) is 22.5. The summed E-state index contributed by atoms with van der Waals surface area (Å²) in [6.07, 6.45) is -5.27. The van der Waals surface area contributed by atoms with Gasteiger partial charge in [0.1, 0.15) is 30.2 Å². The van der Waals surface area contributed by atoms with Crippen molar-refractivity contribution in [2.75, 3.05) is 13.2 Å². The van der Waals surface area contributed by atoms with E-state index in [0.717, 1.165) is 16.9 Å². The van der Waals surface area contributed by atoms with Crippen molar-refractivity contribution < 1.29 is 39.1 Å². The van der Waals surface area contributed by atoms with Crippen molar-refractivity contribution >= 4 is 17.6 Å². The van der Waals surface area contributed by atoms with E-state index in [1.165, 1.54) is 0 Å². The van der Waals surface area contributed by atoms with Crippen molar-refractivity contribution in [3.05, 3.63) is 64.2 Å². The first-order valence-corrected chi connectivity index (χ1v) is 12.8. The second kappa shape index (κ2) is 10.2. The van der Waals surface area contributed by atoms with Crippen molar-refractivity contribution in [1.29, 1.82) is 0 Å². The summed E-state index contributed by atoms with van der Waals surface area (Å²) in [6, 6.07) is 12.7. The van der Waals surface area contributed by atoms with Gasteiger partial charge in [0.2, 0.25) is 5.79 Å². The van der Waals surface area contributed by atoms with Crippen molar-refractivity contribution in [1.82, 2.24) is 0 Å². The average Bonchev–Trinajstić information content (AvgIpc) is 3.24. The number of aliphatic hydroxyl groups excluding tert-OH is 3. The third-order valence-corrected chi connectivity index (χ3v) is 7.42. The van der Waals surface area contributed by atoms with Crippen molar-refractivity contribution in [3.8, 4) is 5.75 Å². The number of aliphatic hydroxyl groups is 3. The molecule has 2 aliphatic rings. The van der Waals surface area contributed by atoms with Gasteiger partial charge < -0.3 is 34.3 Å². The highest BCUT2D eigenvalue weighted by atomic mass is 35.5. The number of carbonyl (C=O) groups excluding carboxylic acids is 1. The van der Waals surface area contributed by atoms with Gasteiger partial charge in [-0.2, -0.15) is 0 Å². The monoisotopic (exact) mass is 534 g/mol. The zero-order valence-electron chi connectivity index (χ0n) is 21.7. The van der Waals surface area contributed by atoms with Crippen LogP contribution in [0.3, 0.4) is 0 Å². The Bertz CT molecular complexity index is 1130. The first kappa shape index (κ1) is 27.8. The number of ether oxygens (including phenoxy) is 4. The third kappa shape index (κ3) is 4.99. The summed E-state index contributed by atoms with van der Waals surface area (Å²) in [5.41, 5.74) is -0.209. The van der Waals surface area contributed by atoms with Crippen LogP contribution in [0.15, 0.2) is 42.5 Å². The SMILES string of the molecule is CCOc1ccc(Cc2cc([C@]34OC[C@](C(C)OC(=O)C(C)(C)C)(O3)[C@@H](O)[C@H](O)[C@H]4O)ccc2Cl)cc1. The number of rotatable bonds is 7. The lowest BCUT2D eigenvalue weighted by Crippen LogP contribution is -2.68. The zero-order chi connectivity index (χ0) is 27.2. The highest BCUT2D eigenvalue weighted by Crippen LogP contribution is 2.52. The normalized spacial score (nSPS) is 30.1. The molecule has 3 N–H and O–H groups in total. The van der Waals surface area contributed by atoms with Crippen LogP contribution in [-0.2, 0) is 31.2 Å². The van der Waals surface area contributed by atoms with E-state index in [1.807, 2.05) is 31.2 Å². The van der Waals surface area contributed by atoms with Gasteiger partial charge >= 0.3 is 5.97 Å². The second-order valence-corrected chi connectivity index (χ2v) is 11.2. The molecule has 2 aromatic rings. The van der Waals surface area contributed by atoms with Crippen LogP contribution in [0.25, 0.3) is 0 Å². The van der Waals surface area contributed by atoms with Crippen LogP contribution in [0, 0.1) is 5.41 Å². The number of fused-ring (bicyclic) bond motifs is 2. The molecule has 2 fully saturated rings. The van der Waals surface area contributed by atoms with Crippen LogP contribution in [0.1, 0.15) is 51.3 Å². The van der Waals surface area contributed by atoms with E-state index in [0.29, 0.717) is 23.6 Å². The lowest BCUT2D eigenvalue weighted by Gasteiger charge is -2.48. The molecule has 2 heterocycles. The molecular weight excluding hydrogens is 500 g/mol. The van der Waals surface area contributed by atoms with E-state index in [2.05, 4.69) is 0 Å². The van der Waals surface area contributed by atoms with Gasteiger partial charge in [0.05, 0.1) is 18.6 Å². The van der Waals surface area contributed by atoms with Crippen LogP contribution in [0.4, 0.5) is 0 Å². The van der Waals surface area contributed by atoms with Crippen LogP contribution in [0.2, 0.25) is 5.02 Å². The highest BCUT2D eigenvalue weighted by molar-refractivity contribution is 6.31. The molecule has 2 saturated heterocycles. The smallest absolute Gasteiger partial charge is 0.311 e. The van der Waals surface area contributed by atoms with Gasteiger partial charge in [-0.25, -0.2) is 0 Å². The fourth-order valence-corrected chi connectivity index (χ4v) is 4.93. The summed E-state index contributed by atoms with van der Waals surface area (Å²) in [5.74, 6) is -1.51. The third-order valence-electron chi connectivity index (χ3n) is 7.05. The van der Waals surface area contributed by atoms with Gasteiger partial charge in [0.25, 0.3) is 0 Å². The van der Waals surface area contributed by atoms with E-state index in [9.17, 15) is 20.1 Å². The Morgan fingerprint density at radius 2 is 1.81 bits per heavy atom. The number of hydrogen-bond donors (Lipinski definition) is 3. The van der Waals surface area contributed by atoms with Crippen LogP contribution in [0.5, 0.6) is 5.75 Å². The average molecular weight is 535 g/mol. The fourth-order valence-electron chi connectivity index (χ4n) is 4.75. The van der Waals surface area contributed by atoms with Gasteiger partial charge in [-0.3, -0.25) is 4.79 Å². The molecule has 37 heavy (non-hydrogen) atoms. The molecule has 202 valence electrons. The lowest BCUT2D eigenvalue weighted by atomic mass is 9.80. The number of carbonyl (C=O) groups is 1. The Morgan fingerprint density at radius 1 is 1.14 bits per heavy atom. The first-order valence-electron chi connectivity index (χ1n) is 12.4. The predicted molar refractivity (Wildman–Crippen MR) is 136 cm³/mol. The molecule has 0 aromatic heterocycles. The maximum atomic E-state index is 12.6. The first-order chi connectivity index (χ1) is 17.3. The van der Waals surface area contributed by atoms with Gasteiger partial charge in [0, 0.05) is 10.6 Å². The van der Waals surface area contributed by atoms with Crippen LogP contribution >= 0.6 is 11.6 Å². The fraction of sp³-hybridized carbons (Fsp3) is 0.536. The standard InChI is InChI=1S/C28H35ClO8/c1-6-34-20-10-7-17(8-11-20)13-18-14-19(9-12-21(18)29)28-24(32)22(30)23(31)27(37-28,15-35-28)16(2)36-25(33)26(3,4)5/h7-12,14,16,22-24,30-32H,6,13,15H2,1-5H3/t16?,22-,23-,24+,27+,28-/m0/s1. The molecule has 2 aromatic carbocycles. The summed E-state index contributed by atoms with van der Waals surface area (Å²) in [6.45, 7) is 9.01. The number of halogens is 1. The summed E-state index contributed by atoms with van der Waals surface area (Å²) in [7, 11) is 0. The minimum atomic E-state index is -1.79. The lowest BCUT2D eigenvalue weighted by molar-refractivity contribution is -0.337. The topological polar surface area (TPSA) is 115 Å². The summed E-state index contributed by atoms with van der Waals surface area (Å²) in [5, 5.41) is 33.4. The van der Waals surface area contributed by atoms with Gasteiger partial charge in [-0.1, -0.05) is 29.8 Å². The summed E-state index contributed by atoms with van der Waals surface area (Å²) >= 11 is 6.52. The van der Waals surface area contributed by atoms with Crippen LogP contribution in [-0.4, -0.2) is 64.5 Å². The van der Waals surface area contributed by atoms with E-state index in [-0.39, 0.29) is 6.61 Å². The molecular formula is C28H35ClO8. The van der Waals surface area contributed by atoms with Gasteiger partial charge in [0.15, 0.2) is 5.60 Å². The van der Waals surface area contributed by atoms with E-state index >= 15 is 0 Å². The molecule has 0 amide bonds. The maximum Gasteiger partial charge on any atom is 0.311 e. The molecule has 0 aliphatic carbocycles. The molecule has 1 unspecified atom stereocenters. The molecule has 0 spiro atoms. The number of hydrogen-bond acceptors (Lipinski definition) is 8. The Hall–Kier alpha value is -2.20. The Kier molecular flexibility index (Phi) is 7.65. The molecule has 0 saturated carbocycles. The Balaban J connectivity index is 1.66. The summed E-state index contributed by atoms with van der Waals surface area (Å²) in [4.78, 5) is 12.6. The quantitative estimate of drug-likeness (QED) is 0.463. The second-order valence-electron chi connectivity index (χ2n) is 10.8. The maximum absolute atomic E-state index is 12.6. The molecule has 2 bridgehead atoms. The van der Waals surface area contributed by atoms with Crippen molar-refractivity contribution in [3.63, 3.8) is 0 Å².